The molecule has 35 heteroatoms. The maximum atomic E-state index is 13.5. The summed E-state index contributed by atoms with van der Waals surface area (Å²) < 4.78 is 26.0. The molecule has 0 aliphatic heterocycles. The molecule has 0 radical (unpaired) electrons. The average Bonchev–Trinajstić information content (AvgIpc) is 1.62. The lowest BCUT2D eigenvalue weighted by Crippen LogP contribution is -2.33. The third kappa shape index (κ3) is 44.0. The van der Waals surface area contributed by atoms with Crippen LogP contribution in [-0.4, -0.2) is 192 Å². The van der Waals surface area contributed by atoms with Crippen LogP contribution in [0.3, 0.4) is 0 Å². The number of ether oxygens (including phenoxy) is 4. The maximum Gasteiger partial charge on any atom is 0.407 e. The molecule has 135 heavy (non-hydrogen) atoms. The van der Waals surface area contributed by atoms with E-state index in [2.05, 4.69) is 101 Å². The van der Waals surface area contributed by atoms with Gasteiger partial charge in [0, 0.05) is 170 Å². The quantitative estimate of drug-likeness (QED) is 0.00971. The highest BCUT2D eigenvalue weighted by molar-refractivity contribution is 8.77. The van der Waals surface area contributed by atoms with Crippen LogP contribution in [0.5, 0.6) is 17.2 Å². The van der Waals surface area contributed by atoms with Crippen LogP contribution in [0.15, 0.2) is 200 Å². The van der Waals surface area contributed by atoms with E-state index < -0.39 is 11.6 Å². The van der Waals surface area contributed by atoms with Crippen molar-refractivity contribution in [1.82, 2.24) is 35.0 Å². The number of benzene rings is 6. The smallest absolute Gasteiger partial charge is 0.407 e. The fourth-order valence-electron chi connectivity index (χ4n) is 12.8. The fraction of sp³-hybridized carbons (Fsp3) is 0.380. The molecular formula is C100H130Cl3N11O13S8. The second-order valence-electron chi connectivity index (χ2n) is 30.4. The van der Waals surface area contributed by atoms with Crippen LogP contribution in [0.4, 0.5) is 4.79 Å². The second-order valence-corrected chi connectivity index (χ2v) is 42.5. The molecule has 0 bridgehead atoms. The molecule has 0 fully saturated rings. The van der Waals surface area contributed by atoms with Gasteiger partial charge >= 0.3 is 12.1 Å². The van der Waals surface area contributed by atoms with Crippen LogP contribution in [0.1, 0.15) is 144 Å². The lowest BCUT2D eigenvalue weighted by molar-refractivity contribution is -0.136. The Balaban J connectivity index is 0.000000338. The molecular weight excluding hydrogens is 1930 g/mol. The summed E-state index contributed by atoms with van der Waals surface area (Å²) in [7, 11) is 18.4. The molecule has 0 aliphatic carbocycles. The minimum atomic E-state index is -0.955. The van der Waals surface area contributed by atoms with Crippen molar-refractivity contribution in [3.63, 3.8) is 0 Å². The SMILES string of the molecule is CC(C)(C)OC(=O)NCCSSCCN.CC/C=C\C/C=C\C/C=C\C/C=C\C/C=C\C/C=C\CCC(=O)NCCSSCCNC(=O)Cc1c(C)n(C(=O)c2ccc(Cl)cc2)c2ccc(OC)cc12.COc1ccc2c(c1)c(CC(=O)NCCSSCCN)c(C)n2C(=O)c1ccc(Cl)cc1.COc1ccc2c(c1)c(CC(=O)O)c(C)n2C(=O)c1ccc(Cl)cc1.NCCSSCCN. The first kappa shape index (κ1) is 117. The third-order valence-corrected chi connectivity index (χ3v) is 29.7. The second kappa shape index (κ2) is 67.7. The number of halogens is 3. The molecule has 732 valence electrons. The van der Waals surface area contributed by atoms with Crippen molar-refractivity contribution in [1.29, 1.82) is 0 Å². The largest absolute Gasteiger partial charge is 0.497 e. The van der Waals surface area contributed by atoms with Crippen molar-refractivity contribution in [2.24, 2.45) is 22.9 Å². The molecule has 0 atom stereocenters. The molecule has 0 aliphatic rings. The normalized spacial score (nSPS) is 11.4. The molecule has 4 amide bonds. The van der Waals surface area contributed by atoms with Crippen molar-refractivity contribution in [2.45, 2.75) is 125 Å². The van der Waals surface area contributed by atoms with Crippen LogP contribution in [0.25, 0.3) is 32.7 Å². The number of nitrogens with zero attached hydrogens (tertiary/aromatic N) is 3. The molecule has 0 unspecified atom stereocenters. The van der Waals surface area contributed by atoms with Gasteiger partial charge in [0.2, 0.25) is 17.7 Å². The highest BCUT2D eigenvalue weighted by atomic mass is 35.5. The molecule has 3 heterocycles. The van der Waals surface area contributed by atoms with E-state index in [4.69, 9.17) is 76.7 Å². The van der Waals surface area contributed by atoms with Crippen molar-refractivity contribution in [2.75, 3.05) is 120 Å². The molecule has 0 saturated carbocycles. The van der Waals surface area contributed by atoms with Gasteiger partial charge in [0.05, 0.1) is 57.1 Å². The van der Waals surface area contributed by atoms with Gasteiger partial charge in [-0.1, -0.05) is 201 Å². The summed E-state index contributed by atoms with van der Waals surface area (Å²) in [6.45, 7) is 18.3. The van der Waals surface area contributed by atoms with Gasteiger partial charge in [-0.3, -0.25) is 47.3 Å². The number of hydrogen-bond donors (Lipinski definition) is 9. The van der Waals surface area contributed by atoms with E-state index in [9.17, 15) is 43.5 Å². The zero-order chi connectivity index (χ0) is 98.7. The molecule has 3 aromatic heterocycles. The first-order valence-corrected chi connectivity index (χ1v) is 55.3. The zero-order valence-corrected chi connectivity index (χ0v) is 87.3. The van der Waals surface area contributed by atoms with Gasteiger partial charge in [0.1, 0.15) is 22.8 Å². The van der Waals surface area contributed by atoms with Gasteiger partial charge in [-0.15, -0.1) is 0 Å². The average molecular weight is 2060 g/mol. The van der Waals surface area contributed by atoms with Crippen LogP contribution in [-0.2, 0) is 43.2 Å². The molecule has 13 N–H and O–H groups in total. The van der Waals surface area contributed by atoms with Crippen LogP contribution >= 0.6 is 121 Å². The Kier molecular flexibility index (Phi) is 58.6. The van der Waals surface area contributed by atoms with Crippen LogP contribution in [0.2, 0.25) is 15.1 Å². The predicted octanol–water partition coefficient (Wildman–Crippen LogP) is 21.3. The number of carbonyl (C=O) groups is 8. The van der Waals surface area contributed by atoms with E-state index in [-0.39, 0.29) is 60.8 Å². The van der Waals surface area contributed by atoms with E-state index in [1.807, 2.05) is 71.0 Å². The van der Waals surface area contributed by atoms with E-state index in [1.54, 1.807) is 215 Å². The number of aliphatic carboxylic acids is 1. The number of carbonyl (C=O) groups excluding carboxylic acids is 7. The lowest BCUT2D eigenvalue weighted by atomic mass is 10.1. The number of methoxy groups -OCH3 is 3. The Morgan fingerprint density at radius 1 is 0.378 bits per heavy atom. The van der Waals surface area contributed by atoms with E-state index >= 15 is 0 Å². The Morgan fingerprint density at radius 3 is 0.933 bits per heavy atom. The van der Waals surface area contributed by atoms with Crippen molar-refractivity contribution in [3.8, 4) is 17.2 Å². The summed E-state index contributed by atoms with van der Waals surface area (Å²) in [5.74, 6) is 7.32. The van der Waals surface area contributed by atoms with E-state index in [1.165, 1.54) is 4.57 Å². The summed E-state index contributed by atoms with van der Waals surface area (Å²) in [6, 6.07) is 36.5. The number of carboxylic acids is 1. The van der Waals surface area contributed by atoms with Gasteiger partial charge in [0.25, 0.3) is 17.7 Å². The minimum absolute atomic E-state index is 0.0570. The monoisotopic (exact) mass is 2050 g/mol. The maximum absolute atomic E-state index is 13.5. The van der Waals surface area contributed by atoms with E-state index in [0.717, 1.165) is 137 Å². The first-order chi connectivity index (χ1) is 65.1. The molecule has 0 saturated heterocycles. The number of fused-ring (bicyclic) bond motifs is 3. The molecule has 6 aromatic carbocycles. The Hall–Kier alpha value is -8.55. The molecule has 9 rings (SSSR count). The van der Waals surface area contributed by atoms with Gasteiger partial charge in [-0.2, -0.15) is 0 Å². The van der Waals surface area contributed by atoms with Crippen molar-refractivity contribution < 1.29 is 62.4 Å². The first-order valence-electron chi connectivity index (χ1n) is 44.2. The Bertz CT molecular complexity index is 5360. The van der Waals surface area contributed by atoms with Gasteiger partial charge in [-0.25, -0.2) is 4.79 Å². The topological polar surface area (TPSA) is 361 Å². The van der Waals surface area contributed by atoms with E-state index in [0.29, 0.717) is 128 Å². The van der Waals surface area contributed by atoms with Crippen molar-refractivity contribution >= 4 is 201 Å². The number of nitrogens with one attached hydrogen (secondary N) is 4. The van der Waals surface area contributed by atoms with Gasteiger partial charge < -0.3 is 68.3 Å². The van der Waals surface area contributed by atoms with Gasteiger partial charge in [-0.05, 0) is 231 Å². The highest BCUT2D eigenvalue weighted by Crippen LogP contribution is 2.36. The number of hydrogen-bond acceptors (Lipinski definition) is 24. The summed E-state index contributed by atoms with van der Waals surface area (Å²) in [5.41, 5.74) is 28.7. The minimum Gasteiger partial charge on any atom is -0.497 e. The summed E-state index contributed by atoms with van der Waals surface area (Å²) in [6.07, 6.45) is 32.9. The van der Waals surface area contributed by atoms with Crippen molar-refractivity contribution in [3.05, 3.63) is 266 Å². The van der Waals surface area contributed by atoms with Crippen LogP contribution in [0, 0.1) is 20.8 Å². The number of aromatic nitrogens is 3. The number of carboxylic acid groups (broad SMARTS) is 1. The zero-order valence-electron chi connectivity index (χ0n) is 78.5. The molecule has 0 spiro atoms. The summed E-state index contributed by atoms with van der Waals surface area (Å²) >= 11 is 17.9. The number of allylic oxidation sites excluding steroid dienone is 12. The summed E-state index contributed by atoms with van der Waals surface area (Å²) in [5, 5.41) is 24.9. The predicted molar refractivity (Wildman–Crippen MR) is 579 cm³/mol. The summed E-state index contributed by atoms with van der Waals surface area (Å²) in [4.78, 5) is 100. The number of rotatable bonds is 50. The van der Waals surface area contributed by atoms with Crippen LogP contribution < -0.4 is 58.4 Å². The molecule has 9 aromatic rings. The fourth-order valence-corrected chi connectivity index (χ4v) is 20.2. The lowest BCUT2D eigenvalue weighted by Gasteiger charge is -2.19. The number of nitrogens with two attached hydrogens (primary N) is 4. The standard InChI is InChI=1S/C45H56ClN3O4S2.C23H26ClN3O3S2.C19H16ClNO4.C9H20N2O2S2.C4H12N2S2/c1-4-5-6-7-8-9-10-11-12-13-14-15-16-17-18-19-20-21-22-23-43(50)47-30-32-54-55-33-31-48-44(51)35-40-36(2)49(42-29-28-39(53-3)34-41(40)42)45(52)37-24-26-38(46)27-25-37;1-15-19(14-22(28)26-10-12-32-31-11-9-25)20-13-18(30-2)7-8-21(20)27(15)23(29)16-3-5-17(24)6-4-16;1-11-15(10-18(22)23)16-9-14(25-2)7-8-17(16)21(11)19(24)12-3-5-13(20)6-4-12;1-9(2,3)13-8(12)11-5-7-15-14-6-4-10;5-1-3-7-8-4-2-6/h5-6,8-9,11-12,14-15,17-18,20-21,24-29,34H,4,7,10,13,16,19,22-23,30-33,35H2,1-3H3,(H,47,50)(H,48,51);3-8,13H,9-12,14,25H2,1-2H3,(H,26,28);3-9H,10H2,1-2H3,(H,22,23);4-7,10H2,1-3H3,(H,11,12);1-6H2/b6-5-,9-8-,12-11-,15-14-,18-17-,21-20-;;;;. The highest BCUT2D eigenvalue weighted by Gasteiger charge is 2.27. The Labute approximate surface area is 842 Å². The third-order valence-electron chi connectivity index (χ3n) is 19.2. The number of alkyl carbamates (subject to hydrolysis) is 1. The Morgan fingerprint density at radius 2 is 0.652 bits per heavy atom. The van der Waals surface area contributed by atoms with Gasteiger partial charge in [0.15, 0.2) is 0 Å². The molecule has 24 nitrogen and oxygen atoms in total. The number of amides is 4.